The standard InChI is InChI=1S/C15H25N5O2S/c1-3-12-17-15(23-18-12)20-7-4-6-19(8-9-20)14(21)13-11(2)22-10-5-16-13/h11,13,16H,3-10H2,1-2H3/t11-,13+/m1/s1. The van der Waals surface area contributed by atoms with E-state index >= 15 is 0 Å². The van der Waals surface area contributed by atoms with Crippen molar-refractivity contribution < 1.29 is 9.53 Å². The molecule has 23 heavy (non-hydrogen) atoms. The third kappa shape index (κ3) is 3.81. The minimum atomic E-state index is -0.219. The summed E-state index contributed by atoms with van der Waals surface area (Å²) in [6, 6.07) is -0.219. The zero-order valence-corrected chi connectivity index (χ0v) is 14.6. The molecule has 1 N–H and O–H groups in total. The van der Waals surface area contributed by atoms with Gasteiger partial charge in [0.05, 0.1) is 12.7 Å². The summed E-state index contributed by atoms with van der Waals surface area (Å²) >= 11 is 1.46. The first kappa shape index (κ1) is 16.6. The summed E-state index contributed by atoms with van der Waals surface area (Å²) in [5.74, 6) is 1.06. The molecule has 8 heteroatoms. The first-order valence-corrected chi connectivity index (χ1v) is 9.17. The number of carbonyl (C=O) groups is 1. The molecular formula is C15H25N5O2S. The second-order valence-electron chi connectivity index (χ2n) is 6.02. The second kappa shape index (κ2) is 7.55. The van der Waals surface area contributed by atoms with Crippen LogP contribution >= 0.6 is 11.5 Å². The summed E-state index contributed by atoms with van der Waals surface area (Å²) in [6.07, 6.45) is 1.75. The third-order valence-electron chi connectivity index (χ3n) is 4.43. The van der Waals surface area contributed by atoms with Crippen molar-refractivity contribution in [3.8, 4) is 0 Å². The Labute approximate surface area is 141 Å². The highest BCUT2D eigenvalue weighted by atomic mass is 32.1. The van der Waals surface area contributed by atoms with Gasteiger partial charge in [-0.05, 0) is 13.3 Å². The molecule has 1 aromatic rings. The first-order valence-electron chi connectivity index (χ1n) is 8.40. The van der Waals surface area contributed by atoms with Crippen molar-refractivity contribution in [1.82, 2.24) is 19.6 Å². The third-order valence-corrected chi connectivity index (χ3v) is 5.25. The maximum absolute atomic E-state index is 12.7. The van der Waals surface area contributed by atoms with Gasteiger partial charge in [-0.1, -0.05) is 6.92 Å². The van der Waals surface area contributed by atoms with Crippen LogP contribution in [0.5, 0.6) is 0 Å². The smallest absolute Gasteiger partial charge is 0.242 e. The molecule has 1 aromatic heterocycles. The normalized spacial score (nSPS) is 26.2. The number of anilines is 1. The second-order valence-corrected chi connectivity index (χ2v) is 6.75. The number of ether oxygens (including phenoxy) is 1. The molecular weight excluding hydrogens is 314 g/mol. The van der Waals surface area contributed by atoms with Crippen molar-refractivity contribution in [2.24, 2.45) is 0 Å². The molecule has 1 amide bonds. The Hall–Kier alpha value is -1.25. The highest BCUT2D eigenvalue weighted by Gasteiger charge is 2.32. The lowest BCUT2D eigenvalue weighted by Crippen LogP contribution is -2.56. The van der Waals surface area contributed by atoms with E-state index in [1.165, 1.54) is 11.5 Å². The number of hydrogen-bond acceptors (Lipinski definition) is 7. The van der Waals surface area contributed by atoms with Crippen LogP contribution in [0.15, 0.2) is 0 Å². The summed E-state index contributed by atoms with van der Waals surface area (Å²) in [6.45, 7) is 8.70. The van der Waals surface area contributed by atoms with Gasteiger partial charge in [-0.15, -0.1) is 0 Å². The summed E-state index contributed by atoms with van der Waals surface area (Å²) in [7, 11) is 0. The van der Waals surface area contributed by atoms with Crippen LogP contribution in [-0.2, 0) is 16.0 Å². The van der Waals surface area contributed by atoms with Crippen molar-refractivity contribution in [3.05, 3.63) is 5.82 Å². The average molecular weight is 339 g/mol. The molecule has 2 aliphatic heterocycles. The molecule has 0 bridgehead atoms. The quantitative estimate of drug-likeness (QED) is 0.866. The van der Waals surface area contributed by atoms with E-state index in [1.54, 1.807) is 0 Å². The minimum Gasteiger partial charge on any atom is -0.375 e. The van der Waals surface area contributed by atoms with E-state index in [9.17, 15) is 4.79 Å². The zero-order valence-electron chi connectivity index (χ0n) is 13.8. The van der Waals surface area contributed by atoms with Crippen molar-refractivity contribution in [3.63, 3.8) is 0 Å². The largest absolute Gasteiger partial charge is 0.375 e. The fraction of sp³-hybridized carbons (Fsp3) is 0.800. The van der Waals surface area contributed by atoms with E-state index in [4.69, 9.17) is 4.74 Å². The predicted octanol–water partition coefficient (Wildman–Crippen LogP) is 0.516. The van der Waals surface area contributed by atoms with Gasteiger partial charge < -0.3 is 19.9 Å². The van der Waals surface area contributed by atoms with Gasteiger partial charge in [0.1, 0.15) is 11.9 Å². The van der Waals surface area contributed by atoms with Crippen LogP contribution in [0.3, 0.4) is 0 Å². The van der Waals surface area contributed by atoms with Crippen LogP contribution < -0.4 is 10.2 Å². The molecule has 128 valence electrons. The molecule has 2 fully saturated rings. The Bertz CT molecular complexity index is 538. The van der Waals surface area contributed by atoms with Gasteiger partial charge in [-0.2, -0.15) is 4.37 Å². The van der Waals surface area contributed by atoms with Crippen LogP contribution in [-0.4, -0.2) is 71.6 Å². The van der Waals surface area contributed by atoms with Gasteiger partial charge in [-0.3, -0.25) is 4.79 Å². The molecule has 0 saturated carbocycles. The predicted molar refractivity (Wildman–Crippen MR) is 89.9 cm³/mol. The fourth-order valence-corrected chi connectivity index (χ4v) is 3.85. The molecule has 0 aliphatic carbocycles. The molecule has 0 radical (unpaired) electrons. The number of nitrogens with one attached hydrogen (secondary N) is 1. The lowest BCUT2D eigenvalue weighted by molar-refractivity contribution is -0.139. The molecule has 3 heterocycles. The number of nitrogens with zero attached hydrogens (tertiary/aromatic N) is 4. The van der Waals surface area contributed by atoms with Gasteiger partial charge >= 0.3 is 0 Å². The fourth-order valence-electron chi connectivity index (χ4n) is 3.05. The van der Waals surface area contributed by atoms with Crippen molar-refractivity contribution in [2.45, 2.75) is 38.8 Å². The van der Waals surface area contributed by atoms with Gasteiger partial charge in [0.25, 0.3) is 0 Å². The number of hydrogen-bond donors (Lipinski definition) is 1. The SMILES string of the molecule is CCc1nsc(N2CCCN(C(=O)[C@H]3NCCO[C@@H]3C)CC2)n1. The van der Waals surface area contributed by atoms with E-state index in [1.807, 2.05) is 11.8 Å². The Balaban J connectivity index is 1.60. The Morgan fingerprint density at radius 2 is 2.26 bits per heavy atom. The number of carbonyl (C=O) groups excluding carboxylic acids is 1. The lowest BCUT2D eigenvalue weighted by Gasteiger charge is -2.33. The van der Waals surface area contributed by atoms with Crippen molar-refractivity contribution in [2.75, 3.05) is 44.2 Å². The van der Waals surface area contributed by atoms with Gasteiger partial charge in [-0.25, -0.2) is 4.98 Å². The average Bonchev–Trinajstić information content (AvgIpc) is 2.91. The van der Waals surface area contributed by atoms with E-state index in [-0.39, 0.29) is 18.1 Å². The highest BCUT2D eigenvalue weighted by molar-refractivity contribution is 7.09. The minimum absolute atomic E-state index is 0.0640. The van der Waals surface area contributed by atoms with E-state index in [0.29, 0.717) is 6.61 Å². The van der Waals surface area contributed by atoms with Gasteiger partial charge in [0.15, 0.2) is 0 Å². The monoisotopic (exact) mass is 339 g/mol. The van der Waals surface area contributed by atoms with Crippen LogP contribution in [0.1, 0.15) is 26.1 Å². The molecule has 2 saturated heterocycles. The number of aryl methyl sites for hydroxylation is 1. The Morgan fingerprint density at radius 1 is 1.39 bits per heavy atom. The molecule has 0 aromatic carbocycles. The molecule has 2 aliphatic rings. The van der Waals surface area contributed by atoms with E-state index < -0.39 is 0 Å². The van der Waals surface area contributed by atoms with Crippen molar-refractivity contribution in [1.29, 1.82) is 0 Å². The maximum atomic E-state index is 12.7. The molecule has 0 unspecified atom stereocenters. The topological polar surface area (TPSA) is 70.6 Å². The highest BCUT2D eigenvalue weighted by Crippen LogP contribution is 2.20. The molecule has 2 atom stereocenters. The summed E-state index contributed by atoms with van der Waals surface area (Å²) in [5.41, 5.74) is 0. The first-order chi connectivity index (χ1) is 11.2. The van der Waals surface area contributed by atoms with Gasteiger partial charge in [0.2, 0.25) is 11.0 Å². The summed E-state index contributed by atoms with van der Waals surface area (Å²) < 4.78 is 9.96. The number of rotatable bonds is 3. The van der Waals surface area contributed by atoms with E-state index in [0.717, 1.165) is 56.5 Å². The van der Waals surface area contributed by atoms with Gasteiger partial charge in [0, 0.05) is 50.7 Å². The molecule has 7 nitrogen and oxygen atoms in total. The van der Waals surface area contributed by atoms with Crippen LogP contribution in [0.25, 0.3) is 0 Å². The zero-order chi connectivity index (χ0) is 16.2. The molecule has 0 spiro atoms. The Kier molecular flexibility index (Phi) is 5.45. The van der Waals surface area contributed by atoms with Crippen LogP contribution in [0, 0.1) is 0 Å². The summed E-state index contributed by atoms with van der Waals surface area (Å²) in [4.78, 5) is 21.5. The lowest BCUT2D eigenvalue weighted by atomic mass is 10.1. The molecule has 3 rings (SSSR count). The number of morpholine rings is 1. The number of aromatic nitrogens is 2. The summed E-state index contributed by atoms with van der Waals surface area (Å²) in [5, 5.41) is 4.27. The maximum Gasteiger partial charge on any atom is 0.242 e. The van der Waals surface area contributed by atoms with Crippen LogP contribution in [0.4, 0.5) is 5.13 Å². The van der Waals surface area contributed by atoms with E-state index in [2.05, 4.69) is 26.5 Å². The Morgan fingerprint density at radius 3 is 3.00 bits per heavy atom. The number of amides is 1. The van der Waals surface area contributed by atoms with Crippen molar-refractivity contribution >= 4 is 22.6 Å². The van der Waals surface area contributed by atoms with Crippen LogP contribution in [0.2, 0.25) is 0 Å².